The number of rotatable bonds is 5. The molecule has 7 heteroatoms. The van der Waals surface area contributed by atoms with Crippen LogP contribution in [0.4, 0.5) is 5.69 Å². The van der Waals surface area contributed by atoms with E-state index in [1.165, 1.54) is 0 Å². The molecule has 0 radical (unpaired) electrons. The molecule has 1 aromatic rings. The summed E-state index contributed by atoms with van der Waals surface area (Å²) >= 11 is 0. The fourth-order valence-electron chi connectivity index (χ4n) is 2.66. The van der Waals surface area contributed by atoms with Gasteiger partial charge in [0.25, 0.3) is 0 Å². The third-order valence-electron chi connectivity index (χ3n) is 4.10. The minimum Gasteiger partial charge on any atom is -0.492 e. The Balaban J connectivity index is 0.00000264. The fraction of sp³-hybridized carbons (Fsp3) is 0.588. The summed E-state index contributed by atoms with van der Waals surface area (Å²) in [6.45, 7) is 9.63. The minimum atomic E-state index is -0.401. The van der Waals surface area contributed by atoms with E-state index in [9.17, 15) is 4.79 Å². The van der Waals surface area contributed by atoms with Crippen molar-refractivity contribution in [1.29, 1.82) is 0 Å². The van der Waals surface area contributed by atoms with Crippen LogP contribution in [0, 0.1) is 5.92 Å². The molecule has 2 N–H and O–H groups in total. The fourth-order valence-corrected chi connectivity index (χ4v) is 2.66. The molecule has 1 amide bonds. The van der Waals surface area contributed by atoms with E-state index in [-0.39, 0.29) is 36.6 Å². The number of carbonyl (C=O) groups is 1. The molecule has 24 heavy (non-hydrogen) atoms. The van der Waals surface area contributed by atoms with Gasteiger partial charge in [0.1, 0.15) is 5.75 Å². The second-order valence-electron chi connectivity index (χ2n) is 5.98. The number of anilines is 1. The zero-order valence-electron chi connectivity index (χ0n) is 14.6. The minimum absolute atomic E-state index is 0. The van der Waals surface area contributed by atoms with E-state index in [2.05, 4.69) is 11.0 Å². The van der Waals surface area contributed by atoms with Crippen LogP contribution in [0.3, 0.4) is 0 Å². The lowest BCUT2D eigenvalue weighted by Gasteiger charge is -2.38. The van der Waals surface area contributed by atoms with Gasteiger partial charge in [-0.1, -0.05) is 26.0 Å². The van der Waals surface area contributed by atoms with Crippen molar-refractivity contribution in [3.8, 4) is 5.75 Å². The van der Waals surface area contributed by atoms with Gasteiger partial charge in [-0.2, -0.15) is 0 Å². The van der Waals surface area contributed by atoms with Gasteiger partial charge in [-0.15, -0.1) is 24.8 Å². The van der Waals surface area contributed by atoms with Gasteiger partial charge in [-0.3, -0.25) is 4.79 Å². The molecule has 0 aliphatic carbocycles. The first-order chi connectivity index (χ1) is 10.5. The third kappa shape index (κ3) is 5.43. The Morgan fingerprint density at radius 2 is 1.75 bits per heavy atom. The van der Waals surface area contributed by atoms with Crippen molar-refractivity contribution < 1.29 is 9.53 Å². The highest BCUT2D eigenvalue weighted by molar-refractivity contribution is 5.85. The van der Waals surface area contributed by atoms with Crippen molar-refractivity contribution >= 4 is 36.4 Å². The molecule has 1 atom stereocenters. The predicted molar refractivity (Wildman–Crippen MR) is 104 cm³/mol. The van der Waals surface area contributed by atoms with Crippen molar-refractivity contribution in [2.24, 2.45) is 11.7 Å². The average molecular weight is 378 g/mol. The Morgan fingerprint density at radius 3 is 2.29 bits per heavy atom. The molecule has 5 nitrogen and oxygen atoms in total. The van der Waals surface area contributed by atoms with E-state index in [1.807, 2.05) is 43.9 Å². The van der Waals surface area contributed by atoms with Crippen molar-refractivity contribution in [3.05, 3.63) is 24.3 Å². The van der Waals surface area contributed by atoms with E-state index < -0.39 is 6.04 Å². The van der Waals surface area contributed by atoms with E-state index in [4.69, 9.17) is 10.5 Å². The monoisotopic (exact) mass is 377 g/mol. The molecule has 1 aromatic carbocycles. The first kappa shape index (κ1) is 22.8. The van der Waals surface area contributed by atoms with Gasteiger partial charge in [0.15, 0.2) is 0 Å². The van der Waals surface area contributed by atoms with Crippen molar-refractivity contribution in [2.75, 3.05) is 37.7 Å². The lowest BCUT2D eigenvalue weighted by molar-refractivity contribution is -0.133. The van der Waals surface area contributed by atoms with Crippen LogP contribution in [-0.4, -0.2) is 49.6 Å². The molecule has 0 spiro atoms. The smallest absolute Gasteiger partial charge is 0.239 e. The van der Waals surface area contributed by atoms with Gasteiger partial charge in [0, 0.05) is 26.2 Å². The Labute approximate surface area is 157 Å². The third-order valence-corrected chi connectivity index (χ3v) is 4.10. The Bertz CT molecular complexity index is 506. The number of nitrogens with zero attached hydrogens (tertiary/aromatic N) is 2. The SMILES string of the molecule is CCOc1ccccc1N1CCN(C(=O)[C@H](N)C(C)C)CC1.Cl.Cl. The number of amides is 1. The average Bonchev–Trinajstić information content (AvgIpc) is 2.54. The van der Waals surface area contributed by atoms with Crippen LogP contribution in [0.1, 0.15) is 20.8 Å². The number of nitrogens with two attached hydrogens (primary N) is 1. The molecule has 1 heterocycles. The number of para-hydroxylation sites is 2. The van der Waals surface area contributed by atoms with E-state index in [0.29, 0.717) is 19.7 Å². The molecule has 0 saturated carbocycles. The summed E-state index contributed by atoms with van der Waals surface area (Å²) < 4.78 is 5.69. The molecule has 0 aromatic heterocycles. The van der Waals surface area contributed by atoms with E-state index in [1.54, 1.807) is 0 Å². The van der Waals surface area contributed by atoms with Crippen LogP contribution in [0.2, 0.25) is 0 Å². The van der Waals surface area contributed by atoms with Crippen LogP contribution in [-0.2, 0) is 4.79 Å². The lowest BCUT2D eigenvalue weighted by atomic mass is 10.0. The Morgan fingerprint density at radius 1 is 1.17 bits per heavy atom. The molecule has 1 fully saturated rings. The molecule has 0 bridgehead atoms. The summed E-state index contributed by atoms with van der Waals surface area (Å²) in [5, 5.41) is 0. The predicted octanol–water partition coefficient (Wildman–Crippen LogP) is 2.56. The zero-order valence-corrected chi connectivity index (χ0v) is 16.2. The zero-order chi connectivity index (χ0) is 16.1. The van der Waals surface area contributed by atoms with Gasteiger partial charge < -0.3 is 20.3 Å². The molecule has 1 aliphatic rings. The number of halogens is 2. The van der Waals surface area contributed by atoms with Gasteiger partial charge in [-0.25, -0.2) is 0 Å². The van der Waals surface area contributed by atoms with Crippen LogP contribution in [0.15, 0.2) is 24.3 Å². The maximum absolute atomic E-state index is 12.3. The highest BCUT2D eigenvalue weighted by Gasteiger charge is 2.27. The summed E-state index contributed by atoms with van der Waals surface area (Å²) in [6, 6.07) is 7.66. The largest absolute Gasteiger partial charge is 0.492 e. The summed E-state index contributed by atoms with van der Waals surface area (Å²) in [5.74, 6) is 1.14. The number of ether oxygens (including phenoxy) is 1. The number of piperazine rings is 1. The van der Waals surface area contributed by atoms with Crippen molar-refractivity contribution in [3.63, 3.8) is 0 Å². The van der Waals surface area contributed by atoms with Gasteiger partial charge in [0.05, 0.1) is 18.3 Å². The second-order valence-corrected chi connectivity index (χ2v) is 5.98. The van der Waals surface area contributed by atoms with E-state index in [0.717, 1.165) is 24.5 Å². The number of hydrogen-bond donors (Lipinski definition) is 1. The number of benzene rings is 1. The first-order valence-corrected chi connectivity index (χ1v) is 8.05. The maximum atomic E-state index is 12.3. The summed E-state index contributed by atoms with van der Waals surface area (Å²) in [4.78, 5) is 16.5. The molecular weight excluding hydrogens is 349 g/mol. The first-order valence-electron chi connectivity index (χ1n) is 8.05. The molecule has 1 saturated heterocycles. The van der Waals surface area contributed by atoms with Gasteiger partial charge >= 0.3 is 0 Å². The summed E-state index contributed by atoms with van der Waals surface area (Å²) in [5.41, 5.74) is 7.08. The number of carbonyl (C=O) groups excluding carboxylic acids is 1. The lowest BCUT2D eigenvalue weighted by Crippen LogP contribution is -2.54. The second kappa shape index (κ2) is 10.6. The standard InChI is InChI=1S/C17H27N3O2.2ClH/c1-4-22-15-8-6-5-7-14(15)19-9-11-20(12-10-19)17(21)16(18)13(2)3;;/h5-8,13,16H,4,9-12,18H2,1-3H3;2*1H/t16-;;/m1../s1. The Hall–Kier alpha value is -1.17. The van der Waals surface area contributed by atoms with Crippen LogP contribution >= 0.6 is 24.8 Å². The van der Waals surface area contributed by atoms with E-state index >= 15 is 0 Å². The molecule has 0 unspecified atom stereocenters. The maximum Gasteiger partial charge on any atom is 0.239 e. The summed E-state index contributed by atoms with van der Waals surface area (Å²) in [7, 11) is 0. The van der Waals surface area contributed by atoms with Crippen LogP contribution < -0.4 is 15.4 Å². The quantitative estimate of drug-likeness (QED) is 0.856. The molecule has 2 rings (SSSR count). The highest BCUT2D eigenvalue weighted by atomic mass is 35.5. The molecule has 138 valence electrons. The highest BCUT2D eigenvalue weighted by Crippen LogP contribution is 2.28. The normalized spacial score (nSPS) is 15.4. The van der Waals surface area contributed by atoms with Crippen molar-refractivity contribution in [1.82, 2.24) is 4.90 Å². The number of hydrogen-bond acceptors (Lipinski definition) is 4. The summed E-state index contributed by atoms with van der Waals surface area (Å²) in [6.07, 6.45) is 0. The molecular formula is C17H29Cl2N3O2. The topological polar surface area (TPSA) is 58.8 Å². The van der Waals surface area contributed by atoms with Crippen LogP contribution in [0.5, 0.6) is 5.75 Å². The Kier molecular flexibility index (Phi) is 10.1. The van der Waals surface area contributed by atoms with Gasteiger partial charge in [-0.05, 0) is 25.0 Å². The van der Waals surface area contributed by atoms with Crippen LogP contribution in [0.25, 0.3) is 0 Å². The van der Waals surface area contributed by atoms with Gasteiger partial charge in [0.2, 0.25) is 5.91 Å². The van der Waals surface area contributed by atoms with Crippen molar-refractivity contribution in [2.45, 2.75) is 26.8 Å². The molecule has 1 aliphatic heterocycles.